The molecule has 100 valence electrons. The lowest BCUT2D eigenvalue weighted by Gasteiger charge is -2.16. The Morgan fingerprint density at radius 2 is 2.00 bits per heavy atom. The highest BCUT2D eigenvalue weighted by atomic mass is 32.2. The molecular weight excluding hydrogens is 256 g/mol. The van der Waals surface area contributed by atoms with E-state index in [1.807, 2.05) is 49.7 Å². The third-order valence-electron chi connectivity index (χ3n) is 2.98. The number of nitrogens with one attached hydrogen (secondary N) is 1. The Bertz CT molecular complexity index is 545. The first-order chi connectivity index (χ1) is 9.26. The number of nitrogens with zero attached hydrogens (tertiary/aromatic N) is 1. The van der Waals surface area contributed by atoms with Crippen LogP contribution in [0.2, 0.25) is 0 Å². The Kier molecular flexibility index (Phi) is 4.82. The lowest BCUT2D eigenvalue weighted by Crippen LogP contribution is -2.13. The fraction of sp³-hybridized carbons (Fsp3) is 0.267. The predicted molar refractivity (Wildman–Crippen MR) is 80.0 cm³/mol. The Hall–Kier alpha value is -1.52. The van der Waals surface area contributed by atoms with Gasteiger partial charge in [0.2, 0.25) is 5.88 Å². The fourth-order valence-corrected chi connectivity index (χ4v) is 2.31. The first-order valence-electron chi connectivity index (χ1n) is 6.19. The van der Waals surface area contributed by atoms with Gasteiger partial charge in [-0.1, -0.05) is 18.2 Å². The minimum Gasteiger partial charge on any atom is -0.438 e. The average molecular weight is 274 g/mol. The van der Waals surface area contributed by atoms with Crippen LogP contribution in [0, 0.1) is 0 Å². The van der Waals surface area contributed by atoms with E-state index >= 15 is 0 Å². The van der Waals surface area contributed by atoms with Crippen LogP contribution in [0.4, 0.5) is 0 Å². The van der Waals surface area contributed by atoms with E-state index in [0.717, 1.165) is 16.2 Å². The van der Waals surface area contributed by atoms with Crippen molar-refractivity contribution in [1.82, 2.24) is 10.3 Å². The Morgan fingerprint density at radius 1 is 1.21 bits per heavy atom. The smallest absolute Gasteiger partial charge is 0.224 e. The van der Waals surface area contributed by atoms with Gasteiger partial charge in [0.25, 0.3) is 0 Å². The third-order valence-corrected chi connectivity index (χ3v) is 3.75. The minimum absolute atomic E-state index is 0.199. The minimum atomic E-state index is 0.199. The van der Waals surface area contributed by atoms with Gasteiger partial charge in [-0.25, -0.2) is 4.98 Å². The maximum absolute atomic E-state index is 5.98. The second kappa shape index (κ2) is 6.59. The standard InChI is InChI=1S/C15H18N2OS/c1-11(16-2)12-7-6-10-17-15(12)18-13-8-4-5-9-14(13)19-3/h4-11,16H,1-3H3. The van der Waals surface area contributed by atoms with Crippen molar-refractivity contribution in [1.29, 1.82) is 0 Å². The van der Waals surface area contributed by atoms with Gasteiger partial charge >= 0.3 is 0 Å². The van der Waals surface area contributed by atoms with Crippen molar-refractivity contribution in [3.8, 4) is 11.6 Å². The van der Waals surface area contributed by atoms with Crippen molar-refractivity contribution in [2.75, 3.05) is 13.3 Å². The third kappa shape index (κ3) is 3.28. The second-order valence-corrected chi connectivity index (χ2v) is 5.01. The average Bonchev–Trinajstić information content (AvgIpc) is 2.47. The van der Waals surface area contributed by atoms with Crippen molar-refractivity contribution in [2.45, 2.75) is 17.9 Å². The molecular formula is C15H18N2OS. The van der Waals surface area contributed by atoms with Crippen LogP contribution in [0.5, 0.6) is 11.6 Å². The van der Waals surface area contributed by atoms with Gasteiger partial charge in [-0.2, -0.15) is 0 Å². The molecule has 1 heterocycles. The van der Waals surface area contributed by atoms with Crippen molar-refractivity contribution >= 4 is 11.8 Å². The maximum Gasteiger partial charge on any atom is 0.224 e. The summed E-state index contributed by atoms with van der Waals surface area (Å²) in [6.45, 7) is 2.09. The van der Waals surface area contributed by atoms with Crippen LogP contribution >= 0.6 is 11.8 Å². The zero-order chi connectivity index (χ0) is 13.7. The molecule has 0 spiro atoms. The van der Waals surface area contributed by atoms with Gasteiger partial charge < -0.3 is 10.1 Å². The summed E-state index contributed by atoms with van der Waals surface area (Å²) in [6, 6.07) is 12.2. The quantitative estimate of drug-likeness (QED) is 0.839. The Labute approximate surface area is 118 Å². The summed E-state index contributed by atoms with van der Waals surface area (Å²) in [4.78, 5) is 5.45. The monoisotopic (exact) mass is 274 g/mol. The normalized spacial score (nSPS) is 12.2. The molecule has 0 aliphatic heterocycles. The number of para-hydroxylation sites is 1. The highest BCUT2D eigenvalue weighted by Gasteiger charge is 2.12. The number of benzene rings is 1. The molecule has 1 aromatic heterocycles. The van der Waals surface area contributed by atoms with Crippen LogP contribution in [0.25, 0.3) is 0 Å². The summed E-state index contributed by atoms with van der Waals surface area (Å²) in [5.74, 6) is 1.50. The number of aromatic nitrogens is 1. The summed E-state index contributed by atoms with van der Waals surface area (Å²) >= 11 is 1.67. The van der Waals surface area contributed by atoms with Crippen LogP contribution in [0.1, 0.15) is 18.5 Å². The summed E-state index contributed by atoms with van der Waals surface area (Å²) in [7, 11) is 1.93. The molecule has 0 fully saturated rings. The topological polar surface area (TPSA) is 34.2 Å². The molecule has 0 aliphatic carbocycles. The molecule has 0 aliphatic rings. The number of pyridine rings is 1. The van der Waals surface area contributed by atoms with E-state index in [-0.39, 0.29) is 6.04 Å². The van der Waals surface area contributed by atoms with Gasteiger partial charge in [-0.15, -0.1) is 11.8 Å². The highest BCUT2D eigenvalue weighted by Crippen LogP contribution is 2.33. The van der Waals surface area contributed by atoms with Crippen LogP contribution < -0.4 is 10.1 Å². The summed E-state index contributed by atoms with van der Waals surface area (Å²) in [5, 5.41) is 3.21. The lowest BCUT2D eigenvalue weighted by molar-refractivity contribution is 0.437. The van der Waals surface area contributed by atoms with E-state index in [2.05, 4.69) is 17.2 Å². The second-order valence-electron chi connectivity index (χ2n) is 4.16. The van der Waals surface area contributed by atoms with Crippen molar-refractivity contribution < 1.29 is 4.74 Å². The molecule has 1 N–H and O–H groups in total. The molecule has 2 rings (SSSR count). The summed E-state index contributed by atoms with van der Waals surface area (Å²) in [5.41, 5.74) is 1.06. The molecule has 1 atom stereocenters. The number of ether oxygens (including phenoxy) is 1. The van der Waals surface area contributed by atoms with Crippen molar-refractivity contribution in [3.63, 3.8) is 0 Å². The van der Waals surface area contributed by atoms with E-state index in [0.29, 0.717) is 5.88 Å². The van der Waals surface area contributed by atoms with E-state index in [1.165, 1.54) is 0 Å². The number of rotatable bonds is 5. The molecule has 19 heavy (non-hydrogen) atoms. The van der Waals surface area contributed by atoms with Gasteiger partial charge in [0.05, 0.1) is 0 Å². The van der Waals surface area contributed by atoms with Crippen LogP contribution in [0.15, 0.2) is 47.5 Å². The van der Waals surface area contributed by atoms with Gasteiger partial charge in [-0.3, -0.25) is 0 Å². The number of thioether (sulfide) groups is 1. The van der Waals surface area contributed by atoms with Crippen LogP contribution in [-0.4, -0.2) is 18.3 Å². The van der Waals surface area contributed by atoms with E-state index in [1.54, 1.807) is 18.0 Å². The molecule has 4 heteroatoms. The molecule has 1 unspecified atom stereocenters. The number of hydrogen-bond acceptors (Lipinski definition) is 4. The summed E-state index contributed by atoms with van der Waals surface area (Å²) in [6.07, 6.45) is 3.79. The predicted octanol–water partition coefficient (Wildman–Crippen LogP) is 3.88. The van der Waals surface area contributed by atoms with E-state index in [4.69, 9.17) is 4.74 Å². The van der Waals surface area contributed by atoms with Gasteiger partial charge in [-0.05, 0) is 38.4 Å². The zero-order valence-electron chi connectivity index (χ0n) is 11.4. The van der Waals surface area contributed by atoms with Crippen molar-refractivity contribution in [2.24, 2.45) is 0 Å². The van der Waals surface area contributed by atoms with E-state index in [9.17, 15) is 0 Å². The molecule has 2 aromatic rings. The first-order valence-corrected chi connectivity index (χ1v) is 7.41. The fourth-order valence-electron chi connectivity index (χ4n) is 1.78. The number of hydrogen-bond donors (Lipinski definition) is 1. The van der Waals surface area contributed by atoms with E-state index < -0.39 is 0 Å². The van der Waals surface area contributed by atoms with Crippen LogP contribution in [0.3, 0.4) is 0 Å². The molecule has 0 saturated carbocycles. The summed E-state index contributed by atoms with van der Waals surface area (Å²) < 4.78 is 5.98. The lowest BCUT2D eigenvalue weighted by atomic mass is 10.1. The largest absolute Gasteiger partial charge is 0.438 e. The molecule has 0 radical (unpaired) electrons. The maximum atomic E-state index is 5.98. The van der Waals surface area contributed by atoms with Crippen LogP contribution in [-0.2, 0) is 0 Å². The SMILES string of the molecule is CNC(C)c1cccnc1Oc1ccccc1SC. The van der Waals surface area contributed by atoms with Crippen molar-refractivity contribution in [3.05, 3.63) is 48.2 Å². The Balaban J connectivity index is 2.33. The highest BCUT2D eigenvalue weighted by molar-refractivity contribution is 7.98. The molecule has 0 amide bonds. The van der Waals surface area contributed by atoms with Gasteiger partial charge in [0, 0.05) is 22.7 Å². The Morgan fingerprint density at radius 3 is 2.74 bits per heavy atom. The molecule has 0 saturated heterocycles. The molecule has 1 aromatic carbocycles. The first kappa shape index (κ1) is 13.9. The van der Waals surface area contributed by atoms with Gasteiger partial charge in [0.15, 0.2) is 0 Å². The molecule has 3 nitrogen and oxygen atoms in total. The van der Waals surface area contributed by atoms with Gasteiger partial charge in [0.1, 0.15) is 5.75 Å². The molecule has 0 bridgehead atoms. The zero-order valence-corrected chi connectivity index (χ0v) is 12.2.